The molecule has 4 nitrogen and oxygen atoms in total. The van der Waals surface area contributed by atoms with Gasteiger partial charge in [0, 0.05) is 59.8 Å². The highest BCUT2D eigenvalue weighted by molar-refractivity contribution is 6.08. The number of carbonyl (C=O) groups is 1. The van der Waals surface area contributed by atoms with E-state index in [2.05, 4.69) is 33.8 Å². The van der Waals surface area contributed by atoms with Crippen molar-refractivity contribution in [2.75, 3.05) is 17.7 Å². The van der Waals surface area contributed by atoms with Gasteiger partial charge in [-0.2, -0.15) is 0 Å². The summed E-state index contributed by atoms with van der Waals surface area (Å²) in [6.07, 6.45) is 2.41. The van der Waals surface area contributed by atoms with E-state index >= 15 is 0 Å². The van der Waals surface area contributed by atoms with E-state index in [0.29, 0.717) is 6.42 Å². The molecular formula is C28H25N3O. The molecule has 0 spiro atoms. The Kier molecular flexibility index (Phi) is 5.42. The number of aromatic nitrogens is 1. The van der Waals surface area contributed by atoms with Crippen LogP contribution in [0.2, 0.25) is 0 Å². The lowest BCUT2D eigenvalue weighted by Crippen LogP contribution is -2.18. The minimum Gasteiger partial charge on any atom is -0.388 e. The molecule has 158 valence electrons. The molecule has 4 aromatic rings. The van der Waals surface area contributed by atoms with Crippen molar-refractivity contribution in [1.29, 1.82) is 0 Å². The Bertz CT molecular complexity index is 1220. The first kappa shape index (κ1) is 20.0. The average molecular weight is 420 g/mol. The van der Waals surface area contributed by atoms with Crippen molar-refractivity contribution in [3.8, 4) is 0 Å². The molecule has 1 aromatic heterocycles. The SMILES string of the molecule is CNc1ccc(Nc2cccc3c2C(=O)C(Cc2ccccn2)C3c2ccccc2)cc1. The van der Waals surface area contributed by atoms with Crippen LogP contribution in [-0.2, 0) is 6.42 Å². The molecule has 0 radical (unpaired) electrons. The molecule has 0 saturated heterocycles. The number of hydrogen-bond donors (Lipinski definition) is 2. The summed E-state index contributed by atoms with van der Waals surface area (Å²) in [4.78, 5) is 18.3. The van der Waals surface area contributed by atoms with Gasteiger partial charge in [0.2, 0.25) is 0 Å². The fourth-order valence-electron chi connectivity index (χ4n) is 4.66. The van der Waals surface area contributed by atoms with E-state index in [-0.39, 0.29) is 17.6 Å². The molecule has 0 bridgehead atoms. The molecule has 1 aliphatic rings. The first-order valence-corrected chi connectivity index (χ1v) is 10.9. The standard InChI is InChI=1S/C28H25N3O/c1-29-20-13-15-21(16-14-20)31-25-12-7-11-23-26(19-8-3-2-4-9-19)24(28(32)27(23)25)18-22-10-5-6-17-30-22/h2-17,24,26,29,31H,18H2,1H3. The van der Waals surface area contributed by atoms with Gasteiger partial charge >= 0.3 is 0 Å². The maximum Gasteiger partial charge on any atom is 0.169 e. The molecule has 1 aliphatic carbocycles. The zero-order valence-electron chi connectivity index (χ0n) is 18.0. The fourth-order valence-corrected chi connectivity index (χ4v) is 4.66. The lowest BCUT2D eigenvalue weighted by atomic mass is 9.83. The van der Waals surface area contributed by atoms with Crippen molar-refractivity contribution in [3.63, 3.8) is 0 Å². The van der Waals surface area contributed by atoms with E-state index in [0.717, 1.165) is 39.4 Å². The summed E-state index contributed by atoms with van der Waals surface area (Å²) in [5.74, 6) is 0.000456. The number of Topliss-reactive ketones (excluding diaryl/α,β-unsaturated/α-hetero) is 1. The number of fused-ring (bicyclic) bond motifs is 1. The molecular weight excluding hydrogens is 394 g/mol. The van der Waals surface area contributed by atoms with Crippen LogP contribution in [-0.4, -0.2) is 17.8 Å². The smallest absolute Gasteiger partial charge is 0.169 e. The van der Waals surface area contributed by atoms with Crippen molar-refractivity contribution in [1.82, 2.24) is 4.98 Å². The van der Waals surface area contributed by atoms with Gasteiger partial charge in [-0.1, -0.05) is 48.5 Å². The topological polar surface area (TPSA) is 54.0 Å². The van der Waals surface area contributed by atoms with Gasteiger partial charge in [0.1, 0.15) is 0 Å². The third kappa shape index (κ3) is 3.76. The summed E-state index contributed by atoms with van der Waals surface area (Å²) in [7, 11) is 1.90. The average Bonchev–Trinajstić information content (AvgIpc) is 3.13. The van der Waals surface area contributed by atoms with Gasteiger partial charge in [0.15, 0.2) is 5.78 Å². The molecule has 0 amide bonds. The van der Waals surface area contributed by atoms with Crippen molar-refractivity contribution in [2.24, 2.45) is 5.92 Å². The van der Waals surface area contributed by atoms with E-state index in [1.807, 2.05) is 79.8 Å². The largest absolute Gasteiger partial charge is 0.388 e. The highest BCUT2D eigenvalue weighted by atomic mass is 16.1. The Morgan fingerprint density at radius 1 is 0.812 bits per heavy atom. The quantitative estimate of drug-likeness (QED) is 0.399. The normalized spacial score (nSPS) is 17.1. The second-order valence-electron chi connectivity index (χ2n) is 8.11. The molecule has 32 heavy (non-hydrogen) atoms. The van der Waals surface area contributed by atoms with Gasteiger partial charge in [0.05, 0.1) is 0 Å². The summed E-state index contributed by atoms with van der Waals surface area (Å²) < 4.78 is 0. The molecule has 0 aliphatic heterocycles. The summed E-state index contributed by atoms with van der Waals surface area (Å²) in [5.41, 5.74) is 6.83. The molecule has 0 fully saturated rings. The second-order valence-corrected chi connectivity index (χ2v) is 8.11. The molecule has 2 N–H and O–H groups in total. The van der Waals surface area contributed by atoms with Crippen LogP contribution in [0.15, 0.2) is 97.2 Å². The molecule has 2 unspecified atom stereocenters. The minimum atomic E-state index is -0.183. The Morgan fingerprint density at radius 2 is 1.56 bits per heavy atom. The Morgan fingerprint density at radius 3 is 2.28 bits per heavy atom. The van der Waals surface area contributed by atoms with Gasteiger partial charge in [-0.3, -0.25) is 9.78 Å². The number of hydrogen-bond acceptors (Lipinski definition) is 4. The molecule has 4 heteroatoms. The van der Waals surface area contributed by atoms with Gasteiger partial charge in [-0.05, 0) is 53.6 Å². The molecule has 2 atom stereocenters. The maximum absolute atomic E-state index is 13.8. The van der Waals surface area contributed by atoms with Gasteiger partial charge in [0.25, 0.3) is 0 Å². The molecule has 0 saturated carbocycles. The van der Waals surface area contributed by atoms with Crippen LogP contribution in [0.4, 0.5) is 17.1 Å². The maximum atomic E-state index is 13.8. The lowest BCUT2D eigenvalue weighted by Gasteiger charge is -2.19. The van der Waals surface area contributed by atoms with Gasteiger partial charge in [-0.15, -0.1) is 0 Å². The molecule has 1 heterocycles. The van der Waals surface area contributed by atoms with E-state index < -0.39 is 0 Å². The highest BCUT2D eigenvalue weighted by Crippen LogP contribution is 2.46. The number of ketones is 1. The Hall–Kier alpha value is -3.92. The number of pyridine rings is 1. The Balaban J connectivity index is 1.56. The van der Waals surface area contributed by atoms with Crippen LogP contribution in [0, 0.1) is 5.92 Å². The van der Waals surface area contributed by atoms with Crippen molar-refractivity contribution in [3.05, 3.63) is 120 Å². The number of carbonyl (C=O) groups excluding carboxylic acids is 1. The predicted octanol–water partition coefficient (Wildman–Crippen LogP) is 6.05. The number of nitrogens with zero attached hydrogens (tertiary/aromatic N) is 1. The van der Waals surface area contributed by atoms with E-state index in [9.17, 15) is 4.79 Å². The zero-order valence-corrected chi connectivity index (χ0v) is 18.0. The highest BCUT2D eigenvalue weighted by Gasteiger charge is 2.42. The van der Waals surface area contributed by atoms with E-state index in [1.165, 1.54) is 0 Å². The third-order valence-electron chi connectivity index (χ3n) is 6.18. The Labute approximate surface area is 188 Å². The second kappa shape index (κ2) is 8.67. The number of anilines is 3. The monoisotopic (exact) mass is 419 g/mol. The summed E-state index contributed by atoms with van der Waals surface area (Å²) in [6, 6.07) is 30.4. The zero-order chi connectivity index (χ0) is 21.9. The van der Waals surface area contributed by atoms with Crippen LogP contribution < -0.4 is 10.6 Å². The van der Waals surface area contributed by atoms with Crippen molar-refractivity contribution in [2.45, 2.75) is 12.3 Å². The molecule has 3 aromatic carbocycles. The summed E-state index contributed by atoms with van der Waals surface area (Å²) >= 11 is 0. The van der Waals surface area contributed by atoms with Crippen LogP contribution >= 0.6 is 0 Å². The fraction of sp³-hybridized carbons (Fsp3) is 0.143. The van der Waals surface area contributed by atoms with Crippen molar-refractivity contribution >= 4 is 22.8 Å². The number of benzene rings is 3. The van der Waals surface area contributed by atoms with Crippen molar-refractivity contribution < 1.29 is 4.79 Å². The van der Waals surface area contributed by atoms with Crippen LogP contribution in [0.5, 0.6) is 0 Å². The van der Waals surface area contributed by atoms with E-state index in [4.69, 9.17) is 0 Å². The number of nitrogens with one attached hydrogen (secondary N) is 2. The number of rotatable bonds is 6. The summed E-state index contributed by atoms with van der Waals surface area (Å²) in [5, 5.41) is 6.61. The van der Waals surface area contributed by atoms with Crippen LogP contribution in [0.3, 0.4) is 0 Å². The van der Waals surface area contributed by atoms with E-state index in [1.54, 1.807) is 6.20 Å². The third-order valence-corrected chi connectivity index (χ3v) is 6.18. The van der Waals surface area contributed by atoms with Crippen LogP contribution in [0.1, 0.15) is 33.1 Å². The van der Waals surface area contributed by atoms with Gasteiger partial charge in [-0.25, -0.2) is 0 Å². The first-order valence-electron chi connectivity index (χ1n) is 10.9. The first-order chi connectivity index (χ1) is 15.7. The predicted molar refractivity (Wildman–Crippen MR) is 130 cm³/mol. The summed E-state index contributed by atoms with van der Waals surface area (Å²) in [6.45, 7) is 0. The lowest BCUT2D eigenvalue weighted by molar-refractivity contribution is 0.0928. The molecule has 5 rings (SSSR count). The minimum absolute atomic E-state index is 0.00845. The van der Waals surface area contributed by atoms with Gasteiger partial charge < -0.3 is 10.6 Å². The van der Waals surface area contributed by atoms with Crippen LogP contribution in [0.25, 0.3) is 0 Å².